The van der Waals surface area contributed by atoms with Crippen LogP contribution in [0.25, 0.3) is 5.82 Å². The number of carbonyl (C=O) groups is 1. The minimum atomic E-state index is -0.328. The lowest BCUT2D eigenvalue weighted by molar-refractivity contribution is -0.115. The Morgan fingerprint density at radius 1 is 1.03 bits per heavy atom. The first kappa shape index (κ1) is 21.2. The molecule has 2 aromatic heterocycles. The van der Waals surface area contributed by atoms with Crippen LogP contribution >= 0.6 is 0 Å². The molecule has 4 rings (SSSR count). The fourth-order valence-electron chi connectivity index (χ4n) is 3.15. The van der Waals surface area contributed by atoms with Crippen LogP contribution in [0.4, 0.5) is 10.1 Å². The van der Waals surface area contributed by atoms with Crippen molar-refractivity contribution in [1.82, 2.24) is 19.5 Å². The van der Waals surface area contributed by atoms with Crippen LogP contribution in [-0.2, 0) is 11.2 Å². The Bertz CT molecular complexity index is 1250. The summed E-state index contributed by atoms with van der Waals surface area (Å²) in [5, 5.41) is 2.82. The van der Waals surface area contributed by atoms with E-state index in [1.165, 1.54) is 12.1 Å². The van der Waals surface area contributed by atoms with E-state index in [4.69, 9.17) is 4.74 Å². The van der Waals surface area contributed by atoms with Gasteiger partial charge in [-0.1, -0.05) is 12.1 Å². The third-order valence-electron chi connectivity index (χ3n) is 4.94. The van der Waals surface area contributed by atoms with Crippen molar-refractivity contribution in [2.75, 3.05) is 5.32 Å². The van der Waals surface area contributed by atoms with Crippen molar-refractivity contribution in [3.8, 4) is 17.4 Å². The molecule has 0 atom stereocenters. The van der Waals surface area contributed by atoms with E-state index >= 15 is 0 Å². The van der Waals surface area contributed by atoms with Crippen molar-refractivity contribution < 1.29 is 13.9 Å². The van der Waals surface area contributed by atoms with E-state index in [-0.39, 0.29) is 18.1 Å². The molecule has 32 heavy (non-hydrogen) atoms. The molecule has 162 valence electrons. The lowest BCUT2D eigenvalue weighted by atomic mass is 10.1. The van der Waals surface area contributed by atoms with Crippen molar-refractivity contribution >= 4 is 11.6 Å². The molecule has 0 spiro atoms. The highest BCUT2D eigenvalue weighted by molar-refractivity contribution is 5.92. The third-order valence-corrected chi connectivity index (χ3v) is 4.94. The van der Waals surface area contributed by atoms with Crippen molar-refractivity contribution in [2.24, 2.45) is 0 Å². The molecule has 0 aliphatic heterocycles. The fraction of sp³-hybridized carbons (Fsp3) is 0.167. The van der Waals surface area contributed by atoms with Gasteiger partial charge in [-0.15, -0.1) is 0 Å². The predicted octanol–water partition coefficient (Wildman–Crippen LogP) is 4.70. The molecule has 2 aromatic carbocycles. The molecule has 8 heteroatoms. The molecule has 2 heterocycles. The topological polar surface area (TPSA) is 81.9 Å². The first-order valence-corrected chi connectivity index (χ1v) is 10.1. The van der Waals surface area contributed by atoms with Gasteiger partial charge in [-0.2, -0.15) is 4.98 Å². The number of aryl methyl sites for hydroxylation is 2. The zero-order valence-electron chi connectivity index (χ0n) is 18.0. The third kappa shape index (κ3) is 4.97. The zero-order chi connectivity index (χ0) is 22.7. The standard InChI is InChI=1S/C24H22FN5O2/c1-15-16(2)30(14-26-15)22-13-24(28-17(3)27-22)32-21-10-8-20(9-11-21)29-23(31)12-18-4-6-19(25)7-5-18/h4-11,13-14H,12H2,1-3H3,(H,29,31). The van der Waals surface area contributed by atoms with Gasteiger partial charge in [0.2, 0.25) is 11.8 Å². The summed E-state index contributed by atoms with van der Waals surface area (Å²) in [4.78, 5) is 25.4. The van der Waals surface area contributed by atoms with Gasteiger partial charge in [-0.05, 0) is 62.7 Å². The van der Waals surface area contributed by atoms with Gasteiger partial charge in [0.05, 0.1) is 12.1 Å². The number of benzene rings is 2. The lowest BCUT2D eigenvalue weighted by Gasteiger charge is -2.10. The zero-order valence-corrected chi connectivity index (χ0v) is 18.0. The SMILES string of the molecule is Cc1nc(Oc2ccc(NC(=O)Cc3ccc(F)cc3)cc2)cc(-n2cnc(C)c2C)n1. The van der Waals surface area contributed by atoms with Gasteiger partial charge in [0, 0.05) is 17.4 Å². The summed E-state index contributed by atoms with van der Waals surface area (Å²) in [7, 11) is 0. The molecule has 4 aromatic rings. The van der Waals surface area contributed by atoms with Gasteiger partial charge in [0.1, 0.15) is 29.5 Å². The van der Waals surface area contributed by atoms with Crippen LogP contribution in [0.1, 0.15) is 22.8 Å². The highest BCUT2D eigenvalue weighted by atomic mass is 19.1. The Morgan fingerprint density at radius 3 is 2.41 bits per heavy atom. The van der Waals surface area contributed by atoms with Crippen LogP contribution in [0.3, 0.4) is 0 Å². The van der Waals surface area contributed by atoms with Crippen LogP contribution in [-0.4, -0.2) is 25.4 Å². The average molecular weight is 431 g/mol. The van der Waals surface area contributed by atoms with Crippen LogP contribution in [0.2, 0.25) is 0 Å². The number of aromatic nitrogens is 4. The molecular formula is C24H22FN5O2. The predicted molar refractivity (Wildman–Crippen MR) is 119 cm³/mol. The Morgan fingerprint density at radius 2 is 1.75 bits per heavy atom. The highest BCUT2D eigenvalue weighted by Gasteiger charge is 2.10. The van der Waals surface area contributed by atoms with Gasteiger partial charge >= 0.3 is 0 Å². The second-order valence-electron chi connectivity index (χ2n) is 7.37. The molecule has 0 fully saturated rings. The minimum absolute atomic E-state index is 0.161. The van der Waals surface area contributed by atoms with Crippen LogP contribution < -0.4 is 10.1 Å². The highest BCUT2D eigenvalue weighted by Crippen LogP contribution is 2.24. The van der Waals surface area contributed by atoms with Crippen LogP contribution in [0.5, 0.6) is 11.6 Å². The quantitative estimate of drug-likeness (QED) is 0.479. The first-order chi connectivity index (χ1) is 15.4. The van der Waals surface area contributed by atoms with Crippen LogP contribution in [0.15, 0.2) is 60.9 Å². The number of nitrogens with zero attached hydrogens (tertiary/aromatic N) is 4. The van der Waals surface area contributed by atoms with Crippen molar-refractivity contribution in [2.45, 2.75) is 27.2 Å². The Balaban J connectivity index is 1.43. The van der Waals surface area contributed by atoms with Gasteiger partial charge < -0.3 is 10.1 Å². The normalized spacial score (nSPS) is 10.8. The molecule has 0 aliphatic rings. The summed E-state index contributed by atoms with van der Waals surface area (Å²) in [6, 6.07) is 14.6. The van der Waals surface area contributed by atoms with Crippen molar-refractivity contribution in [3.05, 3.63) is 89.5 Å². The summed E-state index contributed by atoms with van der Waals surface area (Å²) in [5.74, 6) is 1.72. The summed E-state index contributed by atoms with van der Waals surface area (Å²) < 4.78 is 20.8. The molecule has 0 saturated heterocycles. The maximum absolute atomic E-state index is 13.0. The first-order valence-electron chi connectivity index (χ1n) is 10.1. The van der Waals surface area contributed by atoms with E-state index in [0.717, 1.165) is 17.0 Å². The van der Waals surface area contributed by atoms with E-state index in [0.29, 0.717) is 29.0 Å². The van der Waals surface area contributed by atoms with E-state index < -0.39 is 0 Å². The van der Waals surface area contributed by atoms with Crippen molar-refractivity contribution in [3.63, 3.8) is 0 Å². The molecule has 0 aliphatic carbocycles. The number of amides is 1. The number of rotatable bonds is 6. The molecule has 1 N–H and O–H groups in total. The van der Waals surface area contributed by atoms with E-state index in [1.807, 2.05) is 18.4 Å². The average Bonchev–Trinajstić information content (AvgIpc) is 3.09. The second kappa shape index (κ2) is 8.97. The van der Waals surface area contributed by atoms with Gasteiger partial charge in [-0.25, -0.2) is 14.4 Å². The Hall–Kier alpha value is -4.07. The molecule has 0 saturated carbocycles. The smallest absolute Gasteiger partial charge is 0.228 e. The number of anilines is 1. The number of carbonyl (C=O) groups excluding carboxylic acids is 1. The van der Waals surface area contributed by atoms with Gasteiger partial charge in [0.15, 0.2) is 0 Å². The number of halogens is 1. The summed E-state index contributed by atoms with van der Waals surface area (Å²) in [5.41, 5.74) is 3.30. The molecule has 0 bridgehead atoms. The van der Waals surface area contributed by atoms with E-state index in [1.54, 1.807) is 55.7 Å². The molecule has 7 nitrogen and oxygen atoms in total. The summed E-state index contributed by atoms with van der Waals surface area (Å²) in [6.07, 6.45) is 1.88. The monoisotopic (exact) mass is 431 g/mol. The number of imidazole rings is 1. The minimum Gasteiger partial charge on any atom is -0.439 e. The Labute approximate surface area is 184 Å². The maximum Gasteiger partial charge on any atom is 0.228 e. The second-order valence-corrected chi connectivity index (χ2v) is 7.37. The summed E-state index contributed by atoms with van der Waals surface area (Å²) in [6.45, 7) is 5.72. The van der Waals surface area contributed by atoms with Gasteiger partial charge in [0.25, 0.3) is 0 Å². The molecular weight excluding hydrogens is 409 g/mol. The fourth-order valence-corrected chi connectivity index (χ4v) is 3.15. The van der Waals surface area contributed by atoms with Crippen molar-refractivity contribution in [1.29, 1.82) is 0 Å². The number of hydrogen-bond donors (Lipinski definition) is 1. The number of nitrogens with one attached hydrogen (secondary N) is 1. The molecule has 0 unspecified atom stereocenters. The molecule has 1 amide bonds. The van der Waals surface area contributed by atoms with Crippen LogP contribution in [0, 0.1) is 26.6 Å². The number of ether oxygens (including phenoxy) is 1. The van der Waals surface area contributed by atoms with E-state index in [9.17, 15) is 9.18 Å². The molecule has 0 radical (unpaired) electrons. The van der Waals surface area contributed by atoms with E-state index in [2.05, 4.69) is 20.3 Å². The Kier molecular flexibility index (Phi) is 5.93. The maximum atomic E-state index is 13.0. The largest absolute Gasteiger partial charge is 0.439 e. The lowest BCUT2D eigenvalue weighted by Crippen LogP contribution is -2.14. The number of hydrogen-bond acceptors (Lipinski definition) is 5. The van der Waals surface area contributed by atoms with Gasteiger partial charge in [-0.3, -0.25) is 9.36 Å². The summed E-state index contributed by atoms with van der Waals surface area (Å²) >= 11 is 0.